The van der Waals surface area contributed by atoms with Gasteiger partial charge in [0.05, 0.1) is 24.5 Å². The van der Waals surface area contributed by atoms with Gasteiger partial charge in [-0.1, -0.05) is 77.8 Å². The van der Waals surface area contributed by atoms with Gasteiger partial charge in [0, 0.05) is 21.2 Å². The first kappa shape index (κ1) is 22.0. The number of hydrogen-bond donors (Lipinski definition) is 2. The lowest BCUT2D eigenvalue weighted by atomic mass is 10.0. The van der Waals surface area contributed by atoms with E-state index in [1.807, 2.05) is 54.6 Å². The van der Waals surface area contributed by atoms with Gasteiger partial charge in [-0.05, 0) is 23.8 Å². The minimum absolute atomic E-state index is 0.0223. The SMILES string of the molecule is NCN1C(=O)[C@H](NC(=O)Cc2ccc(Cl)cc2Cl)N=C(c2ccccc2)c2ccccc21. The van der Waals surface area contributed by atoms with Crippen molar-refractivity contribution in [3.05, 3.63) is 99.5 Å². The Morgan fingerprint density at radius 3 is 2.47 bits per heavy atom. The Morgan fingerprint density at radius 1 is 1.03 bits per heavy atom. The molecule has 32 heavy (non-hydrogen) atoms. The van der Waals surface area contributed by atoms with E-state index in [1.54, 1.807) is 18.2 Å². The van der Waals surface area contributed by atoms with Crippen molar-refractivity contribution in [2.45, 2.75) is 12.6 Å². The van der Waals surface area contributed by atoms with E-state index in [1.165, 1.54) is 4.90 Å². The average molecular weight is 467 g/mol. The number of carbonyl (C=O) groups excluding carboxylic acids is 2. The fourth-order valence-corrected chi connectivity index (χ4v) is 4.05. The molecule has 0 bridgehead atoms. The largest absolute Gasteiger partial charge is 0.326 e. The summed E-state index contributed by atoms with van der Waals surface area (Å²) in [4.78, 5) is 32.2. The van der Waals surface area contributed by atoms with Crippen LogP contribution in [0.2, 0.25) is 10.0 Å². The van der Waals surface area contributed by atoms with Crippen molar-refractivity contribution in [1.82, 2.24) is 5.32 Å². The molecule has 162 valence electrons. The maximum atomic E-state index is 13.3. The van der Waals surface area contributed by atoms with Crippen LogP contribution in [0.15, 0.2) is 77.8 Å². The van der Waals surface area contributed by atoms with E-state index < -0.39 is 18.0 Å². The molecule has 0 spiro atoms. The Balaban J connectivity index is 1.71. The summed E-state index contributed by atoms with van der Waals surface area (Å²) in [6, 6.07) is 21.8. The first-order valence-electron chi connectivity index (χ1n) is 9.95. The molecule has 1 aliphatic heterocycles. The average Bonchev–Trinajstić information content (AvgIpc) is 2.91. The normalized spacial score (nSPS) is 15.6. The van der Waals surface area contributed by atoms with Crippen LogP contribution in [0.1, 0.15) is 16.7 Å². The van der Waals surface area contributed by atoms with Gasteiger partial charge in [-0.15, -0.1) is 0 Å². The predicted octanol–water partition coefficient (Wildman–Crippen LogP) is 3.78. The highest BCUT2D eigenvalue weighted by molar-refractivity contribution is 6.35. The molecule has 0 saturated heterocycles. The van der Waals surface area contributed by atoms with Crippen molar-refractivity contribution in [2.75, 3.05) is 11.6 Å². The summed E-state index contributed by atoms with van der Waals surface area (Å²) in [5.41, 5.74) is 9.34. The van der Waals surface area contributed by atoms with E-state index in [9.17, 15) is 9.59 Å². The number of amides is 2. The fourth-order valence-electron chi connectivity index (χ4n) is 3.58. The third kappa shape index (κ3) is 4.53. The van der Waals surface area contributed by atoms with Crippen LogP contribution < -0.4 is 16.0 Å². The van der Waals surface area contributed by atoms with E-state index in [2.05, 4.69) is 10.3 Å². The van der Waals surface area contributed by atoms with Crippen molar-refractivity contribution < 1.29 is 9.59 Å². The third-order valence-corrected chi connectivity index (χ3v) is 5.69. The smallest absolute Gasteiger partial charge is 0.273 e. The first-order valence-corrected chi connectivity index (χ1v) is 10.7. The molecule has 4 rings (SSSR count). The molecule has 0 aliphatic carbocycles. The summed E-state index contributed by atoms with van der Waals surface area (Å²) >= 11 is 12.1. The topological polar surface area (TPSA) is 87.8 Å². The standard InChI is InChI=1S/C24H20Cl2N4O2/c25-17-11-10-16(19(26)13-17)12-21(31)28-23-24(32)30(14-27)20-9-5-4-8-18(20)22(29-23)15-6-2-1-3-7-15/h1-11,13,23H,12,14,27H2,(H,28,31)/t23-/m1/s1. The van der Waals surface area contributed by atoms with E-state index in [-0.39, 0.29) is 13.1 Å². The van der Waals surface area contributed by atoms with Crippen LogP contribution in [0.5, 0.6) is 0 Å². The maximum Gasteiger partial charge on any atom is 0.273 e. The summed E-state index contributed by atoms with van der Waals surface area (Å²) in [6.45, 7) is -0.0528. The Morgan fingerprint density at radius 2 is 1.75 bits per heavy atom. The Hall–Kier alpha value is -3.19. The Kier molecular flexibility index (Phi) is 6.55. The van der Waals surface area contributed by atoms with Crippen molar-refractivity contribution in [3.63, 3.8) is 0 Å². The number of fused-ring (bicyclic) bond motifs is 1. The molecule has 1 heterocycles. The predicted molar refractivity (Wildman–Crippen MR) is 127 cm³/mol. The van der Waals surface area contributed by atoms with Crippen molar-refractivity contribution in [1.29, 1.82) is 0 Å². The molecule has 1 atom stereocenters. The zero-order valence-electron chi connectivity index (χ0n) is 17.0. The molecule has 0 aromatic heterocycles. The van der Waals surface area contributed by atoms with Crippen molar-refractivity contribution >= 4 is 46.4 Å². The summed E-state index contributed by atoms with van der Waals surface area (Å²) in [6.07, 6.45) is -1.16. The zero-order chi connectivity index (χ0) is 22.7. The van der Waals surface area contributed by atoms with Gasteiger partial charge in [0.1, 0.15) is 0 Å². The maximum absolute atomic E-state index is 13.3. The van der Waals surface area contributed by atoms with Gasteiger partial charge in [-0.25, -0.2) is 4.99 Å². The molecule has 3 aromatic rings. The monoisotopic (exact) mass is 466 g/mol. The molecule has 0 unspecified atom stereocenters. The highest BCUT2D eigenvalue weighted by Gasteiger charge is 2.32. The van der Waals surface area contributed by atoms with Gasteiger partial charge in [-0.2, -0.15) is 0 Å². The summed E-state index contributed by atoms with van der Waals surface area (Å²) in [5, 5.41) is 3.59. The first-order chi connectivity index (χ1) is 15.5. The van der Waals surface area contributed by atoms with E-state index in [4.69, 9.17) is 28.9 Å². The minimum Gasteiger partial charge on any atom is -0.326 e. The number of benzene rings is 3. The molecular weight excluding hydrogens is 447 g/mol. The lowest BCUT2D eigenvalue weighted by Crippen LogP contribution is -2.49. The fraction of sp³-hybridized carbons (Fsp3) is 0.125. The zero-order valence-corrected chi connectivity index (χ0v) is 18.5. The van der Waals surface area contributed by atoms with Gasteiger partial charge in [0.2, 0.25) is 12.1 Å². The molecule has 3 aromatic carbocycles. The van der Waals surface area contributed by atoms with Crippen LogP contribution in [0, 0.1) is 0 Å². The number of anilines is 1. The van der Waals surface area contributed by atoms with E-state index in [0.717, 1.165) is 11.1 Å². The molecule has 2 amide bonds. The summed E-state index contributed by atoms with van der Waals surface area (Å²) in [7, 11) is 0. The number of halogens is 2. The van der Waals surface area contributed by atoms with Gasteiger partial charge >= 0.3 is 0 Å². The van der Waals surface area contributed by atoms with E-state index >= 15 is 0 Å². The molecule has 3 N–H and O–H groups in total. The van der Waals surface area contributed by atoms with Crippen LogP contribution in [-0.2, 0) is 16.0 Å². The second kappa shape index (κ2) is 9.53. The number of nitrogens with two attached hydrogens (primary N) is 1. The summed E-state index contributed by atoms with van der Waals surface area (Å²) in [5.74, 6) is -0.812. The lowest BCUT2D eigenvalue weighted by molar-refractivity contribution is -0.127. The minimum atomic E-state index is -1.14. The van der Waals surface area contributed by atoms with Gasteiger partial charge < -0.3 is 11.1 Å². The van der Waals surface area contributed by atoms with Crippen LogP contribution in [0.3, 0.4) is 0 Å². The quantitative estimate of drug-likeness (QED) is 0.599. The molecule has 8 heteroatoms. The highest BCUT2D eigenvalue weighted by Crippen LogP contribution is 2.28. The second-order valence-electron chi connectivity index (χ2n) is 7.19. The second-order valence-corrected chi connectivity index (χ2v) is 8.04. The van der Waals surface area contributed by atoms with Gasteiger partial charge in [-0.3, -0.25) is 14.5 Å². The van der Waals surface area contributed by atoms with Crippen LogP contribution in [-0.4, -0.2) is 30.4 Å². The van der Waals surface area contributed by atoms with Crippen LogP contribution in [0.4, 0.5) is 5.69 Å². The molecule has 0 fully saturated rings. The molecule has 0 radical (unpaired) electrons. The Labute approximate surface area is 195 Å². The van der Waals surface area contributed by atoms with E-state index in [0.29, 0.717) is 27.0 Å². The molecule has 1 aliphatic rings. The number of rotatable bonds is 5. The lowest BCUT2D eigenvalue weighted by Gasteiger charge is -2.23. The number of nitrogens with one attached hydrogen (secondary N) is 1. The highest BCUT2D eigenvalue weighted by atomic mass is 35.5. The number of nitrogens with zero attached hydrogens (tertiary/aromatic N) is 2. The number of para-hydroxylation sites is 1. The van der Waals surface area contributed by atoms with Crippen LogP contribution >= 0.6 is 23.2 Å². The molecule has 6 nitrogen and oxygen atoms in total. The Bertz CT molecular complexity index is 1200. The number of aliphatic imine (C=N–C) groups is 1. The van der Waals surface area contributed by atoms with Gasteiger partial charge in [0.15, 0.2) is 0 Å². The van der Waals surface area contributed by atoms with Crippen molar-refractivity contribution in [2.24, 2.45) is 10.7 Å². The number of carbonyl (C=O) groups is 2. The number of hydrogen-bond acceptors (Lipinski definition) is 4. The van der Waals surface area contributed by atoms with Crippen molar-refractivity contribution in [3.8, 4) is 0 Å². The number of benzodiazepines with no additional fused rings is 1. The van der Waals surface area contributed by atoms with Crippen LogP contribution in [0.25, 0.3) is 0 Å². The third-order valence-electron chi connectivity index (χ3n) is 5.10. The molecule has 0 saturated carbocycles. The summed E-state index contributed by atoms with van der Waals surface area (Å²) < 4.78 is 0. The van der Waals surface area contributed by atoms with Gasteiger partial charge in [0.25, 0.3) is 5.91 Å². The molecular formula is C24H20Cl2N4O2.